The number of nitrogens with zero attached hydrogens (tertiary/aromatic N) is 3. The molecule has 3 aromatic rings. The average Bonchev–Trinajstić information content (AvgIpc) is 3.05. The second-order valence-electron chi connectivity index (χ2n) is 6.34. The number of carbonyl (C=O) groups excluding carboxylic acids is 1. The maximum absolute atomic E-state index is 11.4. The topological polar surface area (TPSA) is 82.5 Å². The zero-order chi connectivity index (χ0) is 20.3. The maximum atomic E-state index is 11.4. The van der Waals surface area contributed by atoms with Crippen molar-refractivity contribution in [2.45, 2.75) is 6.92 Å². The SMILES string of the molecule is C=C/C(=C\C(=NC)c1ccc(C(N)=O)c(C)c1)Oc1ccc2cnn(C)c2c1. The van der Waals surface area contributed by atoms with Crippen LogP contribution in [0.4, 0.5) is 0 Å². The molecule has 0 saturated carbocycles. The zero-order valence-corrected chi connectivity index (χ0v) is 16.1. The van der Waals surface area contributed by atoms with Gasteiger partial charge in [-0.3, -0.25) is 14.5 Å². The second-order valence-corrected chi connectivity index (χ2v) is 6.34. The number of hydrogen-bond acceptors (Lipinski definition) is 4. The number of hydrogen-bond donors (Lipinski definition) is 1. The van der Waals surface area contributed by atoms with E-state index in [1.807, 2.05) is 50.5 Å². The molecule has 0 saturated heterocycles. The first kappa shape index (κ1) is 19.1. The fourth-order valence-electron chi connectivity index (χ4n) is 2.96. The Balaban J connectivity index is 1.91. The Labute approximate surface area is 163 Å². The number of rotatable bonds is 6. The van der Waals surface area contributed by atoms with Gasteiger partial charge in [-0.25, -0.2) is 0 Å². The summed E-state index contributed by atoms with van der Waals surface area (Å²) in [6, 6.07) is 11.2. The summed E-state index contributed by atoms with van der Waals surface area (Å²) >= 11 is 0. The number of amides is 1. The number of carbonyl (C=O) groups is 1. The number of aromatic nitrogens is 2. The van der Waals surface area contributed by atoms with Gasteiger partial charge in [-0.2, -0.15) is 5.10 Å². The number of allylic oxidation sites excluding steroid dienone is 2. The lowest BCUT2D eigenvalue weighted by atomic mass is 10.0. The normalized spacial score (nSPS) is 12.2. The van der Waals surface area contributed by atoms with Crippen LogP contribution >= 0.6 is 0 Å². The van der Waals surface area contributed by atoms with E-state index < -0.39 is 5.91 Å². The van der Waals surface area contributed by atoms with Crippen LogP contribution in [0.3, 0.4) is 0 Å². The molecule has 0 unspecified atom stereocenters. The molecule has 1 heterocycles. The minimum atomic E-state index is -0.449. The predicted molar refractivity (Wildman–Crippen MR) is 112 cm³/mol. The number of fused-ring (bicyclic) bond motifs is 1. The van der Waals surface area contributed by atoms with E-state index in [0.29, 0.717) is 22.8 Å². The van der Waals surface area contributed by atoms with E-state index in [2.05, 4.69) is 16.7 Å². The summed E-state index contributed by atoms with van der Waals surface area (Å²) in [7, 11) is 3.59. The monoisotopic (exact) mass is 374 g/mol. The third-order valence-electron chi connectivity index (χ3n) is 4.46. The van der Waals surface area contributed by atoms with Crippen LogP contribution < -0.4 is 10.5 Å². The van der Waals surface area contributed by atoms with Gasteiger partial charge in [0.15, 0.2) is 0 Å². The van der Waals surface area contributed by atoms with Crippen molar-refractivity contribution in [1.29, 1.82) is 0 Å². The first-order chi connectivity index (χ1) is 13.4. The number of primary amides is 1. The lowest BCUT2D eigenvalue weighted by Crippen LogP contribution is -2.13. The molecule has 0 atom stereocenters. The molecular formula is C22H22N4O2. The van der Waals surface area contributed by atoms with Crippen LogP contribution in [0.5, 0.6) is 5.75 Å². The van der Waals surface area contributed by atoms with E-state index in [0.717, 1.165) is 22.0 Å². The van der Waals surface area contributed by atoms with Gasteiger partial charge in [0.2, 0.25) is 5.91 Å². The standard InChI is InChI=1S/C22H22N4O2/c1-5-17(28-18-8-6-16-13-25-26(4)21(16)12-18)11-20(24-3)15-7-9-19(22(23)27)14(2)10-15/h5-13H,1H2,2-4H3,(H2,23,27)/b17-11+,24-20?. The van der Waals surface area contributed by atoms with Gasteiger partial charge in [0.1, 0.15) is 11.5 Å². The molecule has 0 spiro atoms. The molecule has 2 aromatic carbocycles. The molecule has 6 nitrogen and oxygen atoms in total. The third kappa shape index (κ3) is 3.86. The Hall–Kier alpha value is -3.67. The molecule has 0 aliphatic heterocycles. The molecule has 1 amide bonds. The van der Waals surface area contributed by atoms with Crippen LogP contribution in [-0.4, -0.2) is 28.4 Å². The molecule has 0 bridgehead atoms. The smallest absolute Gasteiger partial charge is 0.248 e. The highest BCUT2D eigenvalue weighted by atomic mass is 16.5. The highest BCUT2D eigenvalue weighted by Crippen LogP contribution is 2.22. The minimum absolute atomic E-state index is 0.449. The number of ether oxygens (including phenoxy) is 1. The first-order valence-corrected chi connectivity index (χ1v) is 8.74. The van der Waals surface area contributed by atoms with Gasteiger partial charge in [0.25, 0.3) is 0 Å². The quantitative estimate of drug-likeness (QED) is 0.407. The molecule has 6 heteroatoms. The summed E-state index contributed by atoms with van der Waals surface area (Å²) in [6.07, 6.45) is 5.24. The Kier molecular flexibility index (Phi) is 5.40. The zero-order valence-electron chi connectivity index (χ0n) is 16.1. The Morgan fingerprint density at radius 2 is 2.07 bits per heavy atom. The van der Waals surface area contributed by atoms with Crippen molar-refractivity contribution in [3.05, 3.63) is 83.8 Å². The fraction of sp³-hybridized carbons (Fsp3) is 0.136. The van der Waals surface area contributed by atoms with Crippen molar-refractivity contribution in [2.24, 2.45) is 17.8 Å². The van der Waals surface area contributed by atoms with Gasteiger partial charge in [-0.05, 0) is 42.8 Å². The van der Waals surface area contributed by atoms with Gasteiger partial charge in [0, 0.05) is 42.8 Å². The third-order valence-corrected chi connectivity index (χ3v) is 4.46. The highest BCUT2D eigenvalue weighted by Gasteiger charge is 2.09. The Morgan fingerprint density at radius 1 is 1.29 bits per heavy atom. The molecule has 142 valence electrons. The van der Waals surface area contributed by atoms with Gasteiger partial charge >= 0.3 is 0 Å². The number of nitrogens with two attached hydrogens (primary N) is 1. The van der Waals surface area contributed by atoms with Crippen molar-refractivity contribution < 1.29 is 9.53 Å². The lowest BCUT2D eigenvalue weighted by molar-refractivity contribution is 0.0999. The van der Waals surface area contributed by atoms with Crippen molar-refractivity contribution in [3.8, 4) is 5.75 Å². The van der Waals surface area contributed by atoms with Crippen LogP contribution in [0.1, 0.15) is 21.5 Å². The minimum Gasteiger partial charge on any atom is -0.457 e. The van der Waals surface area contributed by atoms with E-state index in [1.165, 1.54) is 0 Å². The van der Waals surface area contributed by atoms with Crippen LogP contribution in [-0.2, 0) is 7.05 Å². The van der Waals surface area contributed by atoms with Crippen molar-refractivity contribution in [1.82, 2.24) is 9.78 Å². The molecule has 0 aliphatic carbocycles. The summed E-state index contributed by atoms with van der Waals surface area (Å²) in [5.74, 6) is 0.784. The van der Waals surface area contributed by atoms with Gasteiger partial charge < -0.3 is 10.5 Å². The molecular weight excluding hydrogens is 352 g/mol. The van der Waals surface area contributed by atoms with E-state index in [-0.39, 0.29) is 0 Å². The van der Waals surface area contributed by atoms with Crippen molar-refractivity contribution >= 4 is 22.5 Å². The van der Waals surface area contributed by atoms with E-state index >= 15 is 0 Å². The van der Waals surface area contributed by atoms with Crippen LogP contribution in [0.2, 0.25) is 0 Å². The van der Waals surface area contributed by atoms with E-state index in [9.17, 15) is 4.79 Å². The number of aliphatic imine (C=N–C) groups is 1. The molecule has 0 aliphatic rings. The number of aryl methyl sites for hydroxylation is 2. The summed E-state index contributed by atoms with van der Waals surface area (Å²) in [5.41, 5.74) is 9.21. The van der Waals surface area contributed by atoms with E-state index in [1.54, 1.807) is 29.9 Å². The summed E-state index contributed by atoms with van der Waals surface area (Å²) in [6.45, 7) is 5.68. The Bertz CT molecular complexity index is 1120. The van der Waals surface area contributed by atoms with Gasteiger partial charge in [-0.15, -0.1) is 0 Å². The highest BCUT2D eigenvalue weighted by molar-refractivity contribution is 6.09. The van der Waals surface area contributed by atoms with Crippen LogP contribution in [0.25, 0.3) is 10.9 Å². The molecule has 1 aromatic heterocycles. The largest absolute Gasteiger partial charge is 0.457 e. The summed E-state index contributed by atoms with van der Waals surface area (Å²) < 4.78 is 7.78. The molecule has 0 radical (unpaired) electrons. The average molecular weight is 374 g/mol. The Morgan fingerprint density at radius 3 is 2.71 bits per heavy atom. The molecule has 3 rings (SSSR count). The first-order valence-electron chi connectivity index (χ1n) is 8.74. The predicted octanol–water partition coefficient (Wildman–Crippen LogP) is 3.55. The van der Waals surface area contributed by atoms with Crippen LogP contribution in [0, 0.1) is 6.92 Å². The summed E-state index contributed by atoms with van der Waals surface area (Å²) in [4.78, 5) is 15.8. The lowest BCUT2D eigenvalue weighted by Gasteiger charge is -2.10. The number of benzene rings is 2. The van der Waals surface area contributed by atoms with Gasteiger partial charge in [0.05, 0.1) is 17.4 Å². The van der Waals surface area contributed by atoms with Gasteiger partial charge in [-0.1, -0.05) is 12.6 Å². The fourth-order valence-corrected chi connectivity index (χ4v) is 2.96. The summed E-state index contributed by atoms with van der Waals surface area (Å²) in [5, 5.41) is 5.28. The second kappa shape index (κ2) is 7.92. The molecule has 2 N–H and O–H groups in total. The van der Waals surface area contributed by atoms with Crippen LogP contribution in [0.15, 0.2) is 72.1 Å². The van der Waals surface area contributed by atoms with Crippen molar-refractivity contribution in [3.63, 3.8) is 0 Å². The molecule has 28 heavy (non-hydrogen) atoms. The maximum Gasteiger partial charge on any atom is 0.248 e. The van der Waals surface area contributed by atoms with Crippen molar-refractivity contribution in [2.75, 3.05) is 7.05 Å². The molecule has 0 fully saturated rings. The van der Waals surface area contributed by atoms with E-state index in [4.69, 9.17) is 10.5 Å².